The molecular formula is C36H28BrFN4O5. The molecular weight excluding hydrogens is 667 g/mol. The molecule has 7 rings (SSSR count). The average molecular weight is 696 g/mol. The Morgan fingerprint density at radius 2 is 1.55 bits per heavy atom. The van der Waals surface area contributed by atoms with Gasteiger partial charge in [0.25, 0.3) is 0 Å². The lowest BCUT2D eigenvalue weighted by Crippen LogP contribution is -2.39. The molecule has 1 fully saturated rings. The van der Waals surface area contributed by atoms with Gasteiger partial charge < -0.3 is 10.0 Å². The number of rotatable bonds is 5. The summed E-state index contributed by atoms with van der Waals surface area (Å²) in [4.78, 5) is 57.8. The summed E-state index contributed by atoms with van der Waals surface area (Å²) in [6.45, 7) is 0. The number of benzene rings is 3. The van der Waals surface area contributed by atoms with E-state index in [4.69, 9.17) is 0 Å². The highest BCUT2D eigenvalue weighted by molar-refractivity contribution is 9.12. The molecule has 0 saturated carbocycles. The number of phenolic OH excluding ortho intramolecular Hbond substituents is 1. The van der Waals surface area contributed by atoms with Crippen molar-refractivity contribution in [3.63, 3.8) is 0 Å². The van der Waals surface area contributed by atoms with Crippen molar-refractivity contribution in [3.8, 4) is 5.75 Å². The lowest BCUT2D eigenvalue weighted by molar-refractivity contribution is -0.123. The molecule has 0 aromatic heterocycles. The zero-order chi connectivity index (χ0) is 33.1. The first-order valence-corrected chi connectivity index (χ1v) is 15.9. The highest BCUT2D eigenvalue weighted by Gasteiger charge is 2.56. The molecule has 0 radical (unpaired) electrons. The number of azo groups is 1. The third-order valence-corrected chi connectivity index (χ3v) is 9.98. The molecule has 236 valence electrons. The first-order valence-electron chi connectivity index (χ1n) is 15.1. The van der Waals surface area contributed by atoms with E-state index in [0.29, 0.717) is 28.2 Å². The molecule has 11 heteroatoms. The predicted molar refractivity (Wildman–Crippen MR) is 177 cm³/mol. The number of hydrogen-bond acceptors (Lipinski definition) is 8. The number of imide groups is 1. The number of amides is 2. The lowest BCUT2D eigenvalue weighted by atomic mass is 9.59. The SMILES string of the molecule is CN(C)c1ccc(N=Nc2ccc(N3C(=O)[C@H]4[C@H](CC=C5[C@H](c6ccc(O)c(F)c6)C6=C(C[C@H]54)C(=O)C(Br)=CC6=O)C3=O)cc2)cc1. The van der Waals surface area contributed by atoms with Crippen LogP contribution in [0.15, 0.2) is 110 Å². The van der Waals surface area contributed by atoms with E-state index in [9.17, 15) is 28.7 Å². The van der Waals surface area contributed by atoms with Crippen molar-refractivity contribution in [2.75, 3.05) is 23.9 Å². The molecule has 3 aromatic carbocycles. The number of Topliss-reactive ketones (excluding diaryl/α,β-unsaturated/α-hetero) is 1. The number of carbonyl (C=O) groups is 4. The normalized spacial score (nSPS) is 23.9. The van der Waals surface area contributed by atoms with E-state index in [0.717, 1.165) is 11.8 Å². The zero-order valence-corrected chi connectivity index (χ0v) is 26.9. The smallest absolute Gasteiger partial charge is 0.238 e. The number of allylic oxidation sites excluding steroid dienone is 6. The van der Waals surface area contributed by atoms with Crippen molar-refractivity contribution in [3.05, 3.63) is 111 Å². The average Bonchev–Trinajstić information content (AvgIpc) is 3.32. The molecule has 1 N–H and O–H groups in total. The van der Waals surface area contributed by atoms with Crippen molar-refractivity contribution in [2.45, 2.75) is 18.8 Å². The Morgan fingerprint density at radius 1 is 0.894 bits per heavy atom. The van der Waals surface area contributed by atoms with E-state index in [2.05, 4.69) is 26.2 Å². The van der Waals surface area contributed by atoms with Crippen LogP contribution in [0.25, 0.3) is 0 Å². The van der Waals surface area contributed by atoms with Crippen molar-refractivity contribution in [2.24, 2.45) is 28.0 Å². The van der Waals surface area contributed by atoms with E-state index < -0.39 is 41.1 Å². The Labute approximate surface area is 277 Å². The summed E-state index contributed by atoms with van der Waals surface area (Å²) < 4.78 is 14.7. The summed E-state index contributed by atoms with van der Waals surface area (Å²) in [5, 5.41) is 18.4. The van der Waals surface area contributed by atoms with Crippen LogP contribution in [-0.4, -0.2) is 42.6 Å². The van der Waals surface area contributed by atoms with E-state index in [1.165, 1.54) is 23.1 Å². The number of halogens is 2. The topological polar surface area (TPSA) is 120 Å². The summed E-state index contributed by atoms with van der Waals surface area (Å²) in [6.07, 6.45) is 3.42. The highest BCUT2D eigenvalue weighted by atomic mass is 79.9. The van der Waals surface area contributed by atoms with Gasteiger partial charge in [-0.2, -0.15) is 10.2 Å². The number of nitrogens with zero attached hydrogens (tertiary/aromatic N) is 4. The highest BCUT2D eigenvalue weighted by Crippen LogP contribution is 2.55. The number of hydrogen-bond donors (Lipinski definition) is 1. The molecule has 1 heterocycles. The molecule has 4 aliphatic rings. The van der Waals surface area contributed by atoms with E-state index in [1.54, 1.807) is 24.3 Å². The van der Waals surface area contributed by atoms with Gasteiger partial charge in [0.15, 0.2) is 23.1 Å². The minimum Gasteiger partial charge on any atom is -0.505 e. The first kappa shape index (κ1) is 30.6. The summed E-state index contributed by atoms with van der Waals surface area (Å²) in [5.74, 6) is -5.73. The molecule has 3 aliphatic carbocycles. The van der Waals surface area contributed by atoms with Gasteiger partial charge in [0, 0.05) is 42.9 Å². The molecule has 4 atom stereocenters. The van der Waals surface area contributed by atoms with Gasteiger partial charge >= 0.3 is 0 Å². The third kappa shape index (κ3) is 5.14. The Kier molecular flexibility index (Phi) is 7.59. The second-order valence-electron chi connectivity index (χ2n) is 12.2. The van der Waals surface area contributed by atoms with Gasteiger partial charge in [0.05, 0.1) is 33.4 Å². The standard InChI is InChI=1S/C36H28BrFN4O5/c1-41(2)21-8-4-19(5-9-21)39-40-20-6-10-22(11-7-20)42-35(46)24-13-12-23-25(32(24)36(42)47)16-26-33(30(44)17-27(37)34(26)45)31(23)18-3-14-29(43)28(38)15-18/h3-12,14-15,17,24-25,31-32,43H,13,16H2,1-2H3/t24-,25+,31-,32-/m0/s1. The van der Waals surface area contributed by atoms with Crippen LogP contribution in [0.3, 0.4) is 0 Å². The summed E-state index contributed by atoms with van der Waals surface area (Å²) >= 11 is 3.20. The Morgan fingerprint density at radius 3 is 2.19 bits per heavy atom. The monoisotopic (exact) mass is 694 g/mol. The van der Waals surface area contributed by atoms with E-state index in [-0.39, 0.29) is 45.9 Å². The summed E-state index contributed by atoms with van der Waals surface area (Å²) in [5.41, 5.74) is 4.20. The molecule has 3 aromatic rings. The minimum atomic E-state index is -0.865. The van der Waals surface area contributed by atoms with Crippen molar-refractivity contribution in [1.82, 2.24) is 0 Å². The predicted octanol–water partition coefficient (Wildman–Crippen LogP) is 6.98. The Hall–Kier alpha value is -5.03. The first-order chi connectivity index (χ1) is 22.5. The fraction of sp³-hybridized carbons (Fsp3) is 0.222. The molecule has 1 saturated heterocycles. The molecule has 0 spiro atoms. The maximum atomic E-state index is 14.6. The van der Waals surface area contributed by atoms with Crippen LogP contribution in [-0.2, 0) is 19.2 Å². The van der Waals surface area contributed by atoms with Crippen LogP contribution >= 0.6 is 15.9 Å². The molecule has 0 bridgehead atoms. The number of phenols is 1. The van der Waals surface area contributed by atoms with E-state index in [1.807, 2.05) is 49.3 Å². The Balaban J connectivity index is 1.19. The third-order valence-electron chi connectivity index (χ3n) is 9.39. The second-order valence-corrected chi connectivity index (χ2v) is 13.1. The van der Waals surface area contributed by atoms with E-state index >= 15 is 0 Å². The zero-order valence-electron chi connectivity index (χ0n) is 25.4. The van der Waals surface area contributed by atoms with Gasteiger partial charge in [-0.1, -0.05) is 17.7 Å². The van der Waals surface area contributed by atoms with Crippen LogP contribution in [0.2, 0.25) is 0 Å². The fourth-order valence-electron chi connectivity index (χ4n) is 7.14. The molecule has 47 heavy (non-hydrogen) atoms. The number of anilines is 2. The van der Waals surface area contributed by atoms with Gasteiger partial charge in [-0.15, -0.1) is 0 Å². The van der Waals surface area contributed by atoms with Crippen LogP contribution in [0.5, 0.6) is 5.75 Å². The van der Waals surface area contributed by atoms with Gasteiger partial charge in [-0.3, -0.25) is 24.1 Å². The van der Waals surface area contributed by atoms with Gasteiger partial charge in [-0.05, 0) is 101 Å². The summed E-state index contributed by atoms with van der Waals surface area (Å²) in [7, 11) is 3.90. The van der Waals surface area contributed by atoms with Gasteiger partial charge in [-0.25, -0.2) is 4.39 Å². The molecule has 1 aliphatic heterocycles. The van der Waals surface area contributed by atoms with Crippen LogP contribution in [0, 0.1) is 23.6 Å². The van der Waals surface area contributed by atoms with Crippen LogP contribution < -0.4 is 9.80 Å². The van der Waals surface area contributed by atoms with Gasteiger partial charge in [0.1, 0.15) is 0 Å². The van der Waals surface area contributed by atoms with Crippen molar-refractivity contribution in [1.29, 1.82) is 0 Å². The molecule has 9 nitrogen and oxygen atoms in total. The number of carbonyl (C=O) groups excluding carboxylic acids is 4. The minimum absolute atomic E-state index is 0.0919. The fourth-order valence-corrected chi connectivity index (χ4v) is 7.59. The number of ketones is 2. The molecule has 2 amide bonds. The largest absolute Gasteiger partial charge is 0.505 e. The van der Waals surface area contributed by atoms with Gasteiger partial charge in [0.2, 0.25) is 11.8 Å². The quantitative estimate of drug-likeness (QED) is 0.133. The van der Waals surface area contributed by atoms with Crippen LogP contribution in [0.4, 0.5) is 27.1 Å². The van der Waals surface area contributed by atoms with Crippen LogP contribution in [0.1, 0.15) is 24.3 Å². The second kappa shape index (κ2) is 11.6. The van der Waals surface area contributed by atoms with Crippen molar-refractivity contribution < 1.29 is 28.7 Å². The molecule has 0 unspecified atom stereocenters. The van der Waals surface area contributed by atoms with Crippen molar-refractivity contribution >= 4 is 62.1 Å². The maximum absolute atomic E-state index is 14.6. The summed E-state index contributed by atoms with van der Waals surface area (Å²) in [6, 6.07) is 18.1. The lowest BCUT2D eigenvalue weighted by Gasteiger charge is -2.42. The number of fused-ring (bicyclic) bond motifs is 3. The Bertz CT molecular complexity index is 2000. The maximum Gasteiger partial charge on any atom is 0.238 e. The number of aromatic hydroxyl groups is 1.